The molecule has 21 nitrogen and oxygen atoms in total. The molecule has 10 amide bonds. The molecule has 5 aromatic rings. The molecule has 0 aromatic heterocycles. The normalized spacial score (nSPS) is 15.5. The molecule has 0 radical (unpaired) electrons. The van der Waals surface area contributed by atoms with Crippen molar-refractivity contribution in [1.82, 2.24) is 25.8 Å². The summed E-state index contributed by atoms with van der Waals surface area (Å²) in [4.78, 5) is 133. The van der Waals surface area contributed by atoms with E-state index in [0.717, 1.165) is 24.2 Å². The summed E-state index contributed by atoms with van der Waals surface area (Å²) >= 11 is 0. The maximum Gasteiger partial charge on any atom is 0.326 e. The Hall–Kier alpha value is -9.40. The quantitative estimate of drug-likeness (QED) is 0.0191. The molecule has 2 aliphatic rings. The van der Waals surface area contributed by atoms with Crippen LogP contribution in [0.2, 0.25) is 0 Å². The lowest BCUT2D eigenvalue weighted by Gasteiger charge is -2.30. The fourth-order valence-corrected chi connectivity index (χ4v) is 9.59. The standard InChI is InChI=1S/C44H58N4O7.C26H30N4O6/c1-12-42(6,7)28-21-23-33(31(26-28)43(8,9)13-2)54-25-17-20-35(49)45-29-22-24-34(55-30-18-15-14-16-19-30)32(27-29)46-38(51)36(37(50)41(3,4)5)48-39(52)44(10,11)47-40(48)53;1-6-27-22(32)16-12-13-19(36-17-10-8-7-9-11-17)18(14-16)29-23(33)20(21(31)26(3,4)5)30-24(34)15(2)28-25(30)35/h14-16,18-19,21-24,26-27,36H,12-13,17,20,25H2,1-11H3,(H,45,49)(H,46,51)(H,47,53);7-15,20H,6H2,1-5H3,(H,27,32)(H,28,35)(H,29,33). The summed E-state index contributed by atoms with van der Waals surface area (Å²) in [7, 11) is 0. The summed E-state index contributed by atoms with van der Waals surface area (Å²) in [6.45, 7) is 29.9. The van der Waals surface area contributed by atoms with Crippen molar-refractivity contribution >= 4 is 76.1 Å². The van der Waals surface area contributed by atoms with Gasteiger partial charge in [0, 0.05) is 40.6 Å². The Morgan fingerprint density at radius 2 is 1.10 bits per heavy atom. The zero-order valence-corrected chi connectivity index (χ0v) is 55.1. The predicted molar refractivity (Wildman–Crippen MR) is 348 cm³/mol. The molecule has 2 saturated heterocycles. The van der Waals surface area contributed by atoms with Gasteiger partial charge in [-0.25, -0.2) is 19.4 Å². The highest BCUT2D eigenvalue weighted by Crippen LogP contribution is 2.40. The van der Waals surface area contributed by atoms with Crippen LogP contribution in [0.25, 0.3) is 0 Å². The zero-order valence-electron chi connectivity index (χ0n) is 55.1. The van der Waals surface area contributed by atoms with E-state index < -0.39 is 81.8 Å². The first-order chi connectivity index (χ1) is 42.5. The van der Waals surface area contributed by atoms with E-state index in [1.54, 1.807) is 109 Å². The van der Waals surface area contributed by atoms with Gasteiger partial charge in [0.1, 0.15) is 28.8 Å². The molecule has 3 unspecified atom stereocenters. The summed E-state index contributed by atoms with van der Waals surface area (Å²) in [5.41, 5.74) is -0.253. The lowest BCUT2D eigenvalue weighted by atomic mass is 9.76. The molecular weight excluding hydrogens is 1160 g/mol. The van der Waals surface area contributed by atoms with Crippen molar-refractivity contribution in [2.45, 2.75) is 171 Å². The van der Waals surface area contributed by atoms with E-state index in [9.17, 15) is 47.9 Å². The molecule has 0 saturated carbocycles. The second-order valence-corrected chi connectivity index (χ2v) is 26.4. The first-order valence-electron chi connectivity index (χ1n) is 30.6. The molecule has 6 N–H and O–H groups in total. The Bertz CT molecular complexity index is 3550. The highest BCUT2D eigenvalue weighted by atomic mass is 16.5. The number of carbonyl (C=O) groups is 10. The fourth-order valence-electron chi connectivity index (χ4n) is 9.59. The third kappa shape index (κ3) is 17.5. The monoisotopic (exact) mass is 1250 g/mol. The number of Topliss-reactive ketones (excluding diaryl/α,β-unsaturated/α-hetero) is 2. The second kappa shape index (κ2) is 29.0. The number of amides is 10. The molecule has 0 aliphatic carbocycles. The highest BCUT2D eigenvalue weighted by molar-refractivity contribution is 6.21. The Labute approximate surface area is 533 Å². The van der Waals surface area contributed by atoms with Crippen molar-refractivity contribution < 1.29 is 62.2 Å². The number of nitrogens with zero attached hydrogens (tertiary/aromatic N) is 2. The van der Waals surface area contributed by atoms with Crippen LogP contribution in [-0.4, -0.2) is 106 Å². The molecule has 7 rings (SSSR count). The Kier molecular flexibility index (Phi) is 22.6. The van der Waals surface area contributed by atoms with Crippen molar-refractivity contribution in [3.05, 3.63) is 132 Å². The average molecular weight is 1250 g/mol. The zero-order chi connectivity index (χ0) is 67.6. The van der Waals surface area contributed by atoms with Crippen molar-refractivity contribution in [1.29, 1.82) is 0 Å². The van der Waals surface area contributed by atoms with Crippen LogP contribution < -0.4 is 46.1 Å². The first-order valence-corrected chi connectivity index (χ1v) is 30.6. The van der Waals surface area contributed by atoms with E-state index in [2.05, 4.69) is 85.6 Å². The number of ketones is 2. The molecule has 486 valence electrons. The number of para-hydroxylation sites is 2. The van der Waals surface area contributed by atoms with Gasteiger partial charge in [0.25, 0.3) is 29.5 Å². The van der Waals surface area contributed by atoms with Crippen LogP contribution in [0, 0.1) is 10.8 Å². The van der Waals surface area contributed by atoms with E-state index in [1.807, 2.05) is 18.2 Å². The van der Waals surface area contributed by atoms with Crippen LogP contribution in [0.1, 0.15) is 158 Å². The van der Waals surface area contributed by atoms with E-state index in [1.165, 1.54) is 50.6 Å². The summed E-state index contributed by atoms with van der Waals surface area (Å²) in [6, 6.07) is 27.2. The molecule has 5 aromatic carbocycles. The third-order valence-corrected chi connectivity index (χ3v) is 15.9. The SMILES string of the molecule is CCC(C)(C)c1ccc(OCCCC(=O)Nc2ccc(Oc3ccccc3)c(NC(=O)C(C(=O)C(C)(C)C)N3C(=O)NC(C)(C)C3=O)c2)c(C(C)(C)CC)c1.CCNC(=O)c1ccc(Oc2ccccc2)c(NC(=O)C(C(=O)C(C)(C)C)N2C(=O)NC(C)C2=O)c1. The number of hydrogen-bond acceptors (Lipinski definition) is 13. The molecule has 0 spiro atoms. The molecular formula is C70H88N8O13. The van der Waals surface area contributed by atoms with Gasteiger partial charge in [-0.1, -0.05) is 132 Å². The van der Waals surface area contributed by atoms with Gasteiger partial charge in [0.15, 0.2) is 35.1 Å². The number of ether oxygens (including phenoxy) is 3. The van der Waals surface area contributed by atoms with Gasteiger partial charge >= 0.3 is 12.1 Å². The van der Waals surface area contributed by atoms with Gasteiger partial charge in [-0.3, -0.25) is 38.4 Å². The Morgan fingerprint density at radius 3 is 1.57 bits per heavy atom. The fraction of sp³-hybridized carbons (Fsp3) is 0.429. The van der Waals surface area contributed by atoms with Crippen LogP contribution in [0.15, 0.2) is 115 Å². The van der Waals surface area contributed by atoms with Crippen LogP contribution in [0.3, 0.4) is 0 Å². The van der Waals surface area contributed by atoms with Crippen LogP contribution in [-0.2, 0) is 44.4 Å². The van der Waals surface area contributed by atoms with Crippen LogP contribution >= 0.6 is 0 Å². The van der Waals surface area contributed by atoms with Crippen LogP contribution in [0.5, 0.6) is 28.7 Å². The number of imide groups is 2. The van der Waals surface area contributed by atoms with Gasteiger partial charge in [0.2, 0.25) is 5.91 Å². The van der Waals surface area contributed by atoms with E-state index in [-0.39, 0.29) is 57.5 Å². The third-order valence-electron chi connectivity index (χ3n) is 15.9. The number of nitrogens with one attached hydrogen (secondary N) is 6. The minimum Gasteiger partial charge on any atom is -0.493 e. The molecule has 2 heterocycles. The summed E-state index contributed by atoms with van der Waals surface area (Å²) in [5, 5.41) is 15.9. The van der Waals surface area contributed by atoms with Gasteiger partial charge in [-0.2, -0.15) is 0 Å². The summed E-state index contributed by atoms with van der Waals surface area (Å²) in [6.07, 6.45) is 2.58. The van der Waals surface area contributed by atoms with Gasteiger partial charge in [-0.15, -0.1) is 0 Å². The molecule has 2 aliphatic heterocycles. The second-order valence-electron chi connectivity index (χ2n) is 26.4. The molecule has 91 heavy (non-hydrogen) atoms. The van der Waals surface area contributed by atoms with Crippen molar-refractivity contribution in [3.63, 3.8) is 0 Å². The highest BCUT2D eigenvalue weighted by Gasteiger charge is 2.53. The van der Waals surface area contributed by atoms with E-state index >= 15 is 0 Å². The van der Waals surface area contributed by atoms with Crippen molar-refractivity contribution in [3.8, 4) is 28.7 Å². The molecule has 2 fully saturated rings. The van der Waals surface area contributed by atoms with E-state index in [0.29, 0.717) is 46.6 Å². The molecule has 0 bridgehead atoms. The topological polar surface area (TPSA) is 277 Å². The van der Waals surface area contributed by atoms with Crippen LogP contribution in [0.4, 0.5) is 26.7 Å². The maximum atomic E-state index is 14.0. The van der Waals surface area contributed by atoms with E-state index in [4.69, 9.17) is 14.2 Å². The number of benzene rings is 5. The number of anilines is 3. The van der Waals surface area contributed by atoms with Gasteiger partial charge in [0.05, 0.1) is 18.0 Å². The largest absolute Gasteiger partial charge is 0.493 e. The average Bonchev–Trinajstić information content (AvgIpc) is 1.81. The smallest absolute Gasteiger partial charge is 0.326 e. The Morgan fingerprint density at radius 1 is 0.593 bits per heavy atom. The summed E-state index contributed by atoms with van der Waals surface area (Å²) < 4.78 is 18.3. The number of carbonyl (C=O) groups excluding carboxylic acids is 10. The number of rotatable bonds is 24. The minimum absolute atomic E-state index is 0.0376. The molecule has 21 heteroatoms. The molecule has 3 atom stereocenters. The number of hydrogen-bond donors (Lipinski definition) is 6. The lowest BCUT2D eigenvalue weighted by Crippen LogP contribution is -2.55. The maximum absolute atomic E-state index is 14.0. The summed E-state index contributed by atoms with van der Waals surface area (Å²) in [5.74, 6) is -2.91. The lowest BCUT2D eigenvalue weighted by molar-refractivity contribution is -0.144. The minimum atomic E-state index is -1.77. The predicted octanol–water partition coefficient (Wildman–Crippen LogP) is 12.0. The van der Waals surface area contributed by atoms with Crippen molar-refractivity contribution in [2.24, 2.45) is 10.8 Å². The van der Waals surface area contributed by atoms with Gasteiger partial charge in [-0.05, 0) is 130 Å². The van der Waals surface area contributed by atoms with Crippen molar-refractivity contribution in [2.75, 3.05) is 29.1 Å². The first kappa shape index (κ1) is 70.7. The van der Waals surface area contributed by atoms with Gasteiger partial charge < -0.3 is 46.1 Å². The Balaban J connectivity index is 0.000000316. The number of urea groups is 2.